The van der Waals surface area contributed by atoms with Crippen LogP contribution in [0.2, 0.25) is 0 Å². The fourth-order valence-corrected chi connectivity index (χ4v) is 3.91. The smallest absolute Gasteiger partial charge is 0.137 e. The summed E-state index contributed by atoms with van der Waals surface area (Å²) in [6.45, 7) is 2.17. The van der Waals surface area contributed by atoms with Crippen molar-refractivity contribution in [2.24, 2.45) is 5.92 Å². The first-order valence-electron chi connectivity index (χ1n) is 8.15. The zero-order valence-electron chi connectivity index (χ0n) is 12.3. The van der Waals surface area contributed by atoms with Gasteiger partial charge in [0.15, 0.2) is 0 Å². The van der Waals surface area contributed by atoms with Crippen LogP contribution in [0.1, 0.15) is 50.5 Å². The van der Waals surface area contributed by atoms with Crippen molar-refractivity contribution in [1.29, 1.82) is 0 Å². The summed E-state index contributed by atoms with van der Waals surface area (Å²) in [6, 6.07) is 11.2. The Morgan fingerprint density at radius 3 is 2.60 bits per heavy atom. The molecule has 20 heavy (non-hydrogen) atoms. The molecule has 2 nitrogen and oxygen atoms in total. The van der Waals surface area contributed by atoms with Gasteiger partial charge in [-0.15, -0.1) is 0 Å². The zero-order valence-corrected chi connectivity index (χ0v) is 12.3. The highest BCUT2D eigenvalue weighted by Gasteiger charge is 2.35. The molecule has 1 aromatic carbocycles. The molecule has 1 aromatic rings. The lowest BCUT2D eigenvalue weighted by molar-refractivity contribution is -0.122. The maximum atomic E-state index is 12.2. The number of hydrogen-bond acceptors (Lipinski definition) is 2. The molecule has 2 atom stereocenters. The second-order valence-corrected chi connectivity index (χ2v) is 6.34. The van der Waals surface area contributed by atoms with Crippen LogP contribution in [-0.4, -0.2) is 23.3 Å². The number of carbonyl (C=O) groups is 1. The molecule has 2 fully saturated rings. The lowest BCUT2D eigenvalue weighted by atomic mass is 9.92. The standard InChI is InChI=1S/C18H25NO/c20-18-12-7-10-16(18)17-11-5-2-6-13-19(17)14-15-8-3-1-4-9-15/h1,3-4,8-9,16-17H,2,5-7,10-14H2/t16-,17+/m1/s1. The topological polar surface area (TPSA) is 20.3 Å². The Hall–Kier alpha value is -1.15. The second-order valence-electron chi connectivity index (χ2n) is 6.34. The Kier molecular flexibility index (Phi) is 4.51. The van der Waals surface area contributed by atoms with Crippen LogP contribution in [0.15, 0.2) is 30.3 Å². The highest BCUT2D eigenvalue weighted by Crippen LogP contribution is 2.32. The van der Waals surface area contributed by atoms with E-state index in [1.54, 1.807) is 0 Å². The number of hydrogen-bond donors (Lipinski definition) is 0. The zero-order chi connectivity index (χ0) is 13.8. The van der Waals surface area contributed by atoms with Crippen LogP contribution in [0, 0.1) is 5.92 Å². The first-order valence-corrected chi connectivity index (χ1v) is 8.15. The fourth-order valence-electron chi connectivity index (χ4n) is 3.91. The van der Waals surface area contributed by atoms with Gasteiger partial charge in [-0.25, -0.2) is 0 Å². The molecule has 0 N–H and O–H groups in total. The molecule has 2 heteroatoms. The minimum absolute atomic E-state index is 0.316. The van der Waals surface area contributed by atoms with Crippen molar-refractivity contribution in [3.63, 3.8) is 0 Å². The number of carbonyl (C=O) groups excluding carboxylic acids is 1. The van der Waals surface area contributed by atoms with Gasteiger partial charge in [0.25, 0.3) is 0 Å². The third-order valence-electron chi connectivity index (χ3n) is 4.96. The number of nitrogens with zero attached hydrogens (tertiary/aromatic N) is 1. The third kappa shape index (κ3) is 3.12. The average Bonchev–Trinajstić information content (AvgIpc) is 2.76. The molecule has 1 saturated carbocycles. The van der Waals surface area contributed by atoms with Crippen molar-refractivity contribution in [1.82, 2.24) is 4.90 Å². The summed E-state index contributed by atoms with van der Waals surface area (Å²) in [6.07, 6.45) is 8.16. The molecular formula is C18H25NO. The van der Waals surface area contributed by atoms with E-state index in [4.69, 9.17) is 0 Å². The monoisotopic (exact) mass is 271 g/mol. The minimum atomic E-state index is 0.316. The quantitative estimate of drug-likeness (QED) is 0.833. The molecule has 108 valence electrons. The summed E-state index contributed by atoms with van der Waals surface area (Å²) in [5.41, 5.74) is 1.38. The van der Waals surface area contributed by atoms with E-state index < -0.39 is 0 Å². The molecular weight excluding hydrogens is 246 g/mol. The van der Waals surface area contributed by atoms with Gasteiger partial charge in [-0.05, 0) is 37.8 Å². The van der Waals surface area contributed by atoms with Crippen molar-refractivity contribution < 1.29 is 4.79 Å². The van der Waals surface area contributed by atoms with Gasteiger partial charge < -0.3 is 0 Å². The predicted molar refractivity (Wildman–Crippen MR) is 81.5 cm³/mol. The van der Waals surface area contributed by atoms with Crippen molar-refractivity contribution >= 4 is 5.78 Å². The Morgan fingerprint density at radius 1 is 1.00 bits per heavy atom. The molecule has 3 rings (SSSR count). The summed E-state index contributed by atoms with van der Waals surface area (Å²) in [5.74, 6) is 0.840. The first kappa shape index (κ1) is 13.8. The van der Waals surface area contributed by atoms with E-state index in [0.29, 0.717) is 17.7 Å². The van der Waals surface area contributed by atoms with Gasteiger partial charge in [0, 0.05) is 24.9 Å². The highest BCUT2D eigenvalue weighted by atomic mass is 16.1. The largest absolute Gasteiger partial charge is 0.299 e. The maximum Gasteiger partial charge on any atom is 0.137 e. The second kappa shape index (κ2) is 6.53. The Balaban J connectivity index is 1.75. The van der Waals surface area contributed by atoms with Gasteiger partial charge in [-0.2, -0.15) is 0 Å². The van der Waals surface area contributed by atoms with Gasteiger partial charge in [-0.1, -0.05) is 43.2 Å². The molecule has 1 saturated heterocycles. The van der Waals surface area contributed by atoms with Crippen molar-refractivity contribution in [3.05, 3.63) is 35.9 Å². The van der Waals surface area contributed by atoms with E-state index in [2.05, 4.69) is 35.2 Å². The van der Waals surface area contributed by atoms with Crippen LogP contribution in [-0.2, 0) is 11.3 Å². The molecule has 1 aliphatic heterocycles. The normalized spacial score (nSPS) is 28.5. The lowest BCUT2D eigenvalue weighted by Crippen LogP contribution is -2.41. The molecule has 1 aliphatic carbocycles. The van der Waals surface area contributed by atoms with Gasteiger partial charge in [0.1, 0.15) is 5.78 Å². The van der Waals surface area contributed by atoms with Crippen LogP contribution in [0.25, 0.3) is 0 Å². The third-order valence-corrected chi connectivity index (χ3v) is 4.96. The molecule has 0 amide bonds. The predicted octanol–water partition coefficient (Wildman–Crippen LogP) is 3.80. The molecule has 0 radical (unpaired) electrons. The number of rotatable bonds is 3. The van der Waals surface area contributed by atoms with Crippen molar-refractivity contribution in [2.45, 2.75) is 57.5 Å². The van der Waals surface area contributed by atoms with Gasteiger partial charge in [0.05, 0.1) is 0 Å². The average molecular weight is 271 g/mol. The van der Waals surface area contributed by atoms with Crippen LogP contribution >= 0.6 is 0 Å². The Morgan fingerprint density at radius 2 is 1.85 bits per heavy atom. The summed E-state index contributed by atoms with van der Waals surface area (Å²) >= 11 is 0. The first-order chi connectivity index (χ1) is 9.84. The van der Waals surface area contributed by atoms with Crippen LogP contribution < -0.4 is 0 Å². The summed E-state index contributed by atoms with van der Waals surface area (Å²) < 4.78 is 0. The number of Topliss-reactive ketones (excluding diaryl/α,β-unsaturated/α-hetero) is 1. The van der Waals surface area contributed by atoms with Gasteiger partial charge >= 0.3 is 0 Å². The number of likely N-dealkylation sites (tertiary alicyclic amines) is 1. The van der Waals surface area contributed by atoms with Gasteiger partial charge in [0.2, 0.25) is 0 Å². The molecule has 1 heterocycles. The maximum absolute atomic E-state index is 12.2. The Labute approximate surface area is 122 Å². The molecule has 0 unspecified atom stereocenters. The molecule has 0 bridgehead atoms. The Bertz CT molecular complexity index is 442. The van der Waals surface area contributed by atoms with E-state index in [0.717, 1.165) is 32.4 Å². The highest BCUT2D eigenvalue weighted by molar-refractivity contribution is 5.83. The van der Waals surface area contributed by atoms with Gasteiger partial charge in [-0.3, -0.25) is 9.69 Å². The molecule has 0 spiro atoms. The lowest BCUT2D eigenvalue weighted by Gasteiger charge is -2.33. The van der Waals surface area contributed by atoms with Crippen LogP contribution in [0.4, 0.5) is 0 Å². The summed E-state index contributed by atoms with van der Waals surface area (Å²) in [7, 11) is 0. The number of benzene rings is 1. The van der Waals surface area contributed by atoms with E-state index in [1.807, 2.05) is 0 Å². The van der Waals surface area contributed by atoms with E-state index in [-0.39, 0.29) is 0 Å². The van der Waals surface area contributed by atoms with Crippen LogP contribution in [0.5, 0.6) is 0 Å². The number of ketones is 1. The molecule has 2 aliphatic rings. The van der Waals surface area contributed by atoms with Crippen molar-refractivity contribution in [3.8, 4) is 0 Å². The molecule has 0 aromatic heterocycles. The van der Waals surface area contributed by atoms with Crippen LogP contribution in [0.3, 0.4) is 0 Å². The van der Waals surface area contributed by atoms with E-state index in [9.17, 15) is 4.79 Å². The van der Waals surface area contributed by atoms with Crippen molar-refractivity contribution in [2.75, 3.05) is 6.54 Å². The fraction of sp³-hybridized carbons (Fsp3) is 0.611. The van der Waals surface area contributed by atoms with E-state index >= 15 is 0 Å². The minimum Gasteiger partial charge on any atom is -0.299 e. The summed E-state index contributed by atoms with van der Waals surface area (Å²) in [4.78, 5) is 14.8. The summed E-state index contributed by atoms with van der Waals surface area (Å²) in [5, 5.41) is 0. The van der Waals surface area contributed by atoms with E-state index in [1.165, 1.54) is 31.2 Å². The SMILES string of the molecule is O=C1CCC[C@@H]1[C@@H]1CCCCCN1Cc1ccccc1.